The fraction of sp³-hybridized carbons (Fsp3) is 0.632. The van der Waals surface area contributed by atoms with Crippen LogP contribution in [0.1, 0.15) is 43.2 Å². The zero-order valence-electron chi connectivity index (χ0n) is 14.8. The van der Waals surface area contributed by atoms with Gasteiger partial charge in [0.05, 0.1) is 17.1 Å². The van der Waals surface area contributed by atoms with Gasteiger partial charge in [-0.15, -0.1) is 0 Å². The summed E-state index contributed by atoms with van der Waals surface area (Å²) in [6.07, 6.45) is 4.58. The van der Waals surface area contributed by atoms with Crippen LogP contribution in [0, 0.1) is 0 Å². The first-order valence-corrected chi connectivity index (χ1v) is 9.26. The Bertz CT molecular complexity index is 784. The van der Waals surface area contributed by atoms with E-state index in [1.54, 1.807) is 0 Å². The highest BCUT2D eigenvalue weighted by Gasteiger charge is 2.26. The van der Waals surface area contributed by atoms with E-state index in [0.29, 0.717) is 12.0 Å². The Morgan fingerprint density at radius 1 is 1.12 bits per heavy atom. The molecular formula is C19H28N4O. The van der Waals surface area contributed by atoms with Gasteiger partial charge in [0.2, 0.25) is 0 Å². The molecular weight excluding hydrogens is 300 g/mol. The largest absolute Gasteiger partial charge is 0.329 e. The molecule has 0 bridgehead atoms. The summed E-state index contributed by atoms with van der Waals surface area (Å²) in [6.45, 7) is 4.25. The standard InChI is InChI=1S/C19H28N4O/c1-21-12-4-5-15(13-21)23-17-7-3-6-16(14-8-10-20-11-9-14)18(17)22(2)19(23)24/h3,6-7,14-15,20H,4-5,8-13H2,1-2H3. The van der Waals surface area contributed by atoms with E-state index in [0.717, 1.165) is 62.9 Å². The number of aryl methyl sites for hydroxylation is 1. The van der Waals surface area contributed by atoms with Gasteiger partial charge in [0.25, 0.3) is 0 Å². The lowest BCUT2D eigenvalue weighted by Gasteiger charge is -2.30. The molecule has 130 valence electrons. The predicted molar refractivity (Wildman–Crippen MR) is 97.8 cm³/mol. The summed E-state index contributed by atoms with van der Waals surface area (Å²) >= 11 is 0. The molecule has 5 nitrogen and oxygen atoms in total. The second-order valence-corrected chi connectivity index (χ2v) is 7.51. The van der Waals surface area contributed by atoms with Crippen LogP contribution in [-0.2, 0) is 7.05 Å². The molecule has 2 aromatic rings. The van der Waals surface area contributed by atoms with Crippen LogP contribution < -0.4 is 11.0 Å². The highest BCUT2D eigenvalue weighted by atomic mass is 16.1. The maximum atomic E-state index is 13.0. The summed E-state index contributed by atoms with van der Waals surface area (Å²) in [5.41, 5.74) is 3.78. The first-order valence-electron chi connectivity index (χ1n) is 9.26. The van der Waals surface area contributed by atoms with E-state index >= 15 is 0 Å². The molecule has 1 aromatic carbocycles. The number of nitrogens with one attached hydrogen (secondary N) is 1. The van der Waals surface area contributed by atoms with Gasteiger partial charge in [-0.2, -0.15) is 0 Å². The molecule has 1 aromatic heterocycles. The lowest BCUT2D eigenvalue weighted by molar-refractivity contribution is 0.212. The number of aromatic nitrogens is 2. The highest BCUT2D eigenvalue weighted by Crippen LogP contribution is 2.32. The Morgan fingerprint density at radius 3 is 2.67 bits per heavy atom. The summed E-state index contributed by atoms with van der Waals surface area (Å²) in [5.74, 6) is 0.561. The number of likely N-dealkylation sites (tertiary alicyclic amines) is 1. The number of rotatable bonds is 2. The quantitative estimate of drug-likeness (QED) is 0.918. The number of fused-ring (bicyclic) bond motifs is 1. The zero-order chi connectivity index (χ0) is 16.7. The van der Waals surface area contributed by atoms with Crippen LogP contribution in [0.4, 0.5) is 0 Å². The van der Waals surface area contributed by atoms with E-state index in [2.05, 4.69) is 40.0 Å². The fourth-order valence-corrected chi connectivity index (χ4v) is 4.63. The SMILES string of the molecule is CN1CCCC(n2c(=O)n(C)c3c(C4CCNCC4)cccc32)C1. The van der Waals surface area contributed by atoms with Crippen molar-refractivity contribution < 1.29 is 0 Å². The maximum Gasteiger partial charge on any atom is 0.329 e. The molecule has 4 rings (SSSR count). The van der Waals surface area contributed by atoms with Crippen molar-refractivity contribution in [2.75, 3.05) is 33.2 Å². The van der Waals surface area contributed by atoms with E-state index in [4.69, 9.17) is 0 Å². The molecule has 5 heteroatoms. The Balaban J connectivity index is 1.84. The topological polar surface area (TPSA) is 42.2 Å². The number of benzene rings is 1. The minimum Gasteiger partial charge on any atom is -0.317 e. The van der Waals surface area contributed by atoms with E-state index in [1.165, 1.54) is 5.56 Å². The molecule has 2 aliphatic rings. The molecule has 2 fully saturated rings. The smallest absolute Gasteiger partial charge is 0.317 e. The number of imidazole rings is 1. The molecule has 0 saturated carbocycles. The van der Waals surface area contributed by atoms with E-state index in [9.17, 15) is 4.79 Å². The first kappa shape index (κ1) is 15.9. The Labute approximate surface area is 143 Å². The fourth-order valence-electron chi connectivity index (χ4n) is 4.63. The van der Waals surface area contributed by atoms with Crippen LogP contribution in [0.2, 0.25) is 0 Å². The van der Waals surface area contributed by atoms with Crippen LogP contribution in [0.5, 0.6) is 0 Å². The summed E-state index contributed by atoms with van der Waals surface area (Å²) in [5, 5.41) is 3.44. The predicted octanol–water partition coefficient (Wildman–Crippen LogP) is 2.07. The van der Waals surface area contributed by atoms with Gasteiger partial charge in [0, 0.05) is 13.6 Å². The summed E-state index contributed by atoms with van der Waals surface area (Å²) < 4.78 is 3.96. The second-order valence-electron chi connectivity index (χ2n) is 7.51. The van der Waals surface area contributed by atoms with E-state index < -0.39 is 0 Å². The lowest BCUT2D eigenvalue weighted by atomic mass is 9.89. The summed E-state index contributed by atoms with van der Waals surface area (Å²) in [4.78, 5) is 15.4. The number of hydrogen-bond acceptors (Lipinski definition) is 3. The van der Waals surface area contributed by atoms with Crippen molar-refractivity contribution in [3.63, 3.8) is 0 Å². The molecule has 1 atom stereocenters. The monoisotopic (exact) mass is 328 g/mol. The third kappa shape index (κ3) is 2.60. The molecule has 24 heavy (non-hydrogen) atoms. The highest BCUT2D eigenvalue weighted by molar-refractivity contribution is 5.80. The van der Waals surface area contributed by atoms with Crippen LogP contribution >= 0.6 is 0 Å². The first-order chi connectivity index (χ1) is 11.7. The van der Waals surface area contributed by atoms with Gasteiger partial charge in [-0.1, -0.05) is 12.1 Å². The molecule has 0 spiro atoms. The molecule has 1 N–H and O–H groups in total. The summed E-state index contributed by atoms with van der Waals surface area (Å²) in [6, 6.07) is 6.80. The van der Waals surface area contributed by atoms with Gasteiger partial charge in [0.1, 0.15) is 0 Å². The average Bonchev–Trinajstić information content (AvgIpc) is 2.87. The molecule has 3 heterocycles. The third-order valence-electron chi connectivity index (χ3n) is 5.88. The van der Waals surface area contributed by atoms with Crippen molar-refractivity contribution in [2.45, 2.75) is 37.6 Å². The van der Waals surface area contributed by atoms with Gasteiger partial charge in [-0.3, -0.25) is 9.13 Å². The third-order valence-corrected chi connectivity index (χ3v) is 5.88. The molecule has 2 aliphatic heterocycles. The molecule has 2 saturated heterocycles. The van der Waals surface area contributed by atoms with Crippen molar-refractivity contribution in [3.05, 3.63) is 34.2 Å². The van der Waals surface area contributed by atoms with Crippen molar-refractivity contribution in [1.82, 2.24) is 19.4 Å². The van der Waals surface area contributed by atoms with E-state index in [-0.39, 0.29) is 5.69 Å². The average molecular weight is 328 g/mol. The molecule has 0 radical (unpaired) electrons. The molecule has 0 aliphatic carbocycles. The van der Waals surface area contributed by atoms with Gasteiger partial charge in [-0.25, -0.2) is 4.79 Å². The van der Waals surface area contributed by atoms with Gasteiger partial charge < -0.3 is 10.2 Å². The van der Waals surface area contributed by atoms with Crippen molar-refractivity contribution in [1.29, 1.82) is 0 Å². The zero-order valence-corrected chi connectivity index (χ0v) is 14.8. The Hall–Kier alpha value is -1.59. The Morgan fingerprint density at radius 2 is 1.92 bits per heavy atom. The molecule has 0 amide bonds. The Kier molecular flexibility index (Phi) is 4.22. The second kappa shape index (κ2) is 6.37. The number of likely N-dealkylation sites (N-methyl/N-ethyl adjacent to an activating group) is 1. The maximum absolute atomic E-state index is 13.0. The number of nitrogens with zero attached hydrogens (tertiary/aromatic N) is 3. The van der Waals surface area contributed by atoms with Crippen LogP contribution in [-0.4, -0.2) is 47.3 Å². The normalized spacial score (nSPS) is 23.8. The minimum absolute atomic E-state index is 0.145. The van der Waals surface area contributed by atoms with Gasteiger partial charge in [0.15, 0.2) is 0 Å². The van der Waals surface area contributed by atoms with Crippen LogP contribution in [0.25, 0.3) is 11.0 Å². The minimum atomic E-state index is 0.145. The van der Waals surface area contributed by atoms with Crippen LogP contribution in [0.3, 0.4) is 0 Å². The van der Waals surface area contributed by atoms with Crippen molar-refractivity contribution in [2.24, 2.45) is 7.05 Å². The van der Waals surface area contributed by atoms with Crippen molar-refractivity contribution >= 4 is 11.0 Å². The number of para-hydroxylation sites is 1. The number of hydrogen-bond donors (Lipinski definition) is 1. The molecule has 1 unspecified atom stereocenters. The van der Waals surface area contributed by atoms with Crippen LogP contribution in [0.15, 0.2) is 23.0 Å². The van der Waals surface area contributed by atoms with E-state index in [1.807, 2.05) is 11.6 Å². The van der Waals surface area contributed by atoms with Crippen molar-refractivity contribution in [3.8, 4) is 0 Å². The summed E-state index contributed by atoms with van der Waals surface area (Å²) in [7, 11) is 4.10. The van der Waals surface area contributed by atoms with Gasteiger partial charge >= 0.3 is 5.69 Å². The number of piperidine rings is 2. The van der Waals surface area contributed by atoms with Gasteiger partial charge in [-0.05, 0) is 69.9 Å². The lowest BCUT2D eigenvalue weighted by Crippen LogP contribution is -2.37.